The largest absolute Gasteiger partial charge is 0.494 e. The van der Waals surface area contributed by atoms with Gasteiger partial charge in [0.15, 0.2) is 0 Å². The Labute approximate surface area is 137 Å². The van der Waals surface area contributed by atoms with Gasteiger partial charge in [0.05, 0.1) is 13.2 Å². The lowest BCUT2D eigenvalue weighted by molar-refractivity contribution is 0.0947. The Hall–Kier alpha value is -2.49. The summed E-state index contributed by atoms with van der Waals surface area (Å²) < 4.78 is 11.1. The van der Waals surface area contributed by atoms with Gasteiger partial charge in [-0.15, -0.1) is 0 Å². The summed E-state index contributed by atoms with van der Waals surface area (Å²) >= 11 is 0. The van der Waals surface area contributed by atoms with E-state index in [1.54, 1.807) is 24.3 Å². The first-order chi connectivity index (χ1) is 11.1. The predicted molar refractivity (Wildman–Crippen MR) is 91.4 cm³/mol. The molecule has 4 nitrogen and oxygen atoms in total. The first-order valence-corrected chi connectivity index (χ1v) is 7.81. The third-order valence-electron chi connectivity index (χ3n) is 3.42. The van der Waals surface area contributed by atoms with E-state index in [-0.39, 0.29) is 5.91 Å². The van der Waals surface area contributed by atoms with Crippen molar-refractivity contribution >= 4 is 5.91 Å². The zero-order valence-electron chi connectivity index (χ0n) is 13.9. The summed E-state index contributed by atoms with van der Waals surface area (Å²) in [4.78, 5) is 12.0. The van der Waals surface area contributed by atoms with Gasteiger partial charge < -0.3 is 14.8 Å². The molecule has 2 aromatic carbocycles. The van der Waals surface area contributed by atoms with Crippen molar-refractivity contribution in [2.45, 2.75) is 20.8 Å². The van der Waals surface area contributed by atoms with E-state index < -0.39 is 0 Å². The maximum Gasteiger partial charge on any atom is 0.251 e. The Bertz CT molecular complexity index is 650. The summed E-state index contributed by atoms with van der Waals surface area (Å²) in [5.74, 6) is 1.51. The SMILES string of the molecule is CCOc1ccc(C(=O)NCCOc2cc(C)ccc2C)cc1. The zero-order valence-corrected chi connectivity index (χ0v) is 13.9. The van der Waals surface area contributed by atoms with Crippen LogP contribution in [0.4, 0.5) is 0 Å². The van der Waals surface area contributed by atoms with E-state index in [1.807, 2.05) is 32.9 Å². The van der Waals surface area contributed by atoms with Gasteiger partial charge in [0, 0.05) is 5.56 Å². The van der Waals surface area contributed by atoms with E-state index in [1.165, 1.54) is 0 Å². The van der Waals surface area contributed by atoms with E-state index in [4.69, 9.17) is 9.47 Å². The minimum Gasteiger partial charge on any atom is -0.494 e. The van der Waals surface area contributed by atoms with Gasteiger partial charge in [0.25, 0.3) is 5.91 Å². The second kappa shape index (κ2) is 8.22. The number of amides is 1. The van der Waals surface area contributed by atoms with Crippen molar-refractivity contribution in [3.63, 3.8) is 0 Å². The number of aryl methyl sites for hydroxylation is 2. The minimum atomic E-state index is -0.113. The number of benzene rings is 2. The molecule has 2 rings (SSSR count). The average molecular weight is 313 g/mol. The summed E-state index contributed by atoms with van der Waals surface area (Å²) in [7, 11) is 0. The van der Waals surface area contributed by atoms with Crippen LogP contribution >= 0.6 is 0 Å². The van der Waals surface area contributed by atoms with Crippen molar-refractivity contribution in [2.24, 2.45) is 0 Å². The van der Waals surface area contributed by atoms with Crippen LogP contribution in [0, 0.1) is 13.8 Å². The normalized spacial score (nSPS) is 10.2. The highest BCUT2D eigenvalue weighted by Crippen LogP contribution is 2.18. The number of hydrogen-bond donors (Lipinski definition) is 1. The standard InChI is InChI=1S/C19H23NO3/c1-4-22-17-9-7-16(8-10-17)19(21)20-11-12-23-18-13-14(2)5-6-15(18)3/h5-10,13H,4,11-12H2,1-3H3,(H,20,21). The molecule has 0 bridgehead atoms. The highest BCUT2D eigenvalue weighted by molar-refractivity contribution is 5.94. The molecule has 0 unspecified atom stereocenters. The van der Waals surface area contributed by atoms with Gasteiger partial charge in [-0.1, -0.05) is 12.1 Å². The van der Waals surface area contributed by atoms with E-state index in [0.29, 0.717) is 25.3 Å². The van der Waals surface area contributed by atoms with Gasteiger partial charge in [0.2, 0.25) is 0 Å². The first kappa shape index (κ1) is 16.9. The molecule has 0 atom stereocenters. The maximum absolute atomic E-state index is 12.0. The third-order valence-corrected chi connectivity index (χ3v) is 3.42. The van der Waals surface area contributed by atoms with Crippen LogP contribution in [0.3, 0.4) is 0 Å². The highest BCUT2D eigenvalue weighted by Gasteiger charge is 2.05. The lowest BCUT2D eigenvalue weighted by Crippen LogP contribution is -2.28. The third kappa shape index (κ3) is 5.02. The van der Waals surface area contributed by atoms with Crippen molar-refractivity contribution in [1.29, 1.82) is 0 Å². The summed E-state index contributed by atoms with van der Waals surface area (Å²) in [6, 6.07) is 13.2. The molecule has 0 fully saturated rings. The number of nitrogens with one attached hydrogen (secondary N) is 1. The van der Waals surface area contributed by atoms with Gasteiger partial charge in [0.1, 0.15) is 18.1 Å². The van der Waals surface area contributed by atoms with Crippen molar-refractivity contribution in [3.8, 4) is 11.5 Å². The summed E-state index contributed by atoms with van der Waals surface area (Å²) in [6.45, 7) is 7.47. The summed E-state index contributed by atoms with van der Waals surface area (Å²) in [6.07, 6.45) is 0. The molecular weight excluding hydrogens is 290 g/mol. The average Bonchev–Trinajstić information content (AvgIpc) is 2.55. The maximum atomic E-state index is 12.0. The van der Waals surface area contributed by atoms with Crippen LogP contribution in [0.5, 0.6) is 11.5 Å². The van der Waals surface area contributed by atoms with Crippen LogP contribution in [0.25, 0.3) is 0 Å². The van der Waals surface area contributed by atoms with Crippen molar-refractivity contribution < 1.29 is 14.3 Å². The molecule has 0 saturated heterocycles. The van der Waals surface area contributed by atoms with Crippen LogP contribution in [-0.4, -0.2) is 25.7 Å². The fourth-order valence-electron chi connectivity index (χ4n) is 2.16. The second-order valence-corrected chi connectivity index (χ2v) is 5.33. The Morgan fingerprint density at radius 2 is 1.78 bits per heavy atom. The number of carbonyl (C=O) groups is 1. The van der Waals surface area contributed by atoms with Gasteiger partial charge in [-0.2, -0.15) is 0 Å². The molecule has 0 aliphatic rings. The number of carbonyl (C=O) groups excluding carboxylic acids is 1. The number of hydrogen-bond acceptors (Lipinski definition) is 3. The van der Waals surface area contributed by atoms with Gasteiger partial charge >= 0.3 is 0 Å². The lowest BCUT2D eigenvalue weighted by atomic mass is 10.1. The first-order valence-electron chi connectivity index (χ1n) is 7.81. The Kier molecular flexibility index (Phi) is 6.03. The second-order valence-electron chi connectivity index (χ2n) is 5.33. The van der Waals surface area contributed by atoms with E-state index >= 15 is 0 Å². The van der Waals surface area contributed by atoms with Gasteiger partial charge in [-0.25, -0.2) is 0 Å². The van der Waals surface area contributed by atoms with Crippen LogP contribution in [0.2, 0.25) is 0 Å². The number of ether oxygens (including phenoxy) is 2. The zero-order chi connectivity index (χ0) is 16.7. The quantitative estimate of drug-likeness (QED) is 0.796. The van der Waals surface area contributed by atoms with Crippen molar-refractivity contribution in [3.05, 3.63) is 59.2 Å². The Morgan fingerprint density at radius 3 is 2.48 bits per heavy atom. The molecule has 2 aromatic rings. The fraction of sp³-hybridized carbons (Fsp3) is 0.316. The Balaban J connectivity index is 1.79. The number of rotatable bonds is 7. The minimum absolute atomic E-state index is 0.113. The molecule has 0 aliphatic heterocycles. The van der Waals surface area contributed by atoms with Crippen molar-refractivity contribution in [2.75, 3.05) is 19.8 Å². The van der Waals surface area contributed by atoms with E-state index in [2.05, 4.69) is 11.4 Å². The smallest absolute Gasteiger partial charge is 0.251 e. The van der Waals surface area contributed by atoms with Crippen LogP contribution in [0.1, 0.15) is 28.4 Å². The molecule has 0 spiro atoms. The molecule has 0 aromatic heterocycles. The van der Waals surface area contributed by atoms with Crippen LogP contribution in [0.15, 0.2) is 42.5 Å². The molecule has 4 heteroatoms. The Morgan fingerprint density at radius 1 is 1.04 bits per heavy atom. The predicted octanol–water partition coefficient (Wildman–Crippen LogP) is 3.51. The molecule has 1 amide bonds. The molecular formula is C19H23NO3. The molecule has 1 N–H and O–H groups in total. The van der Waals surface area contributed by atoms with E-state index in [0.717, 1.165) is 22.6 Å². The molecule has 0 aliphatic carbocycles. The van der Waals surface area contributed by atoms with Gasteiger partial charge in [-0.05, 0) is 62.2 Å². The van der Waals surface area contributed by atoms with Gasteiger partial charge in [-0.3, -0.25) is 4.79 Å². The topological polar surface area (TPSA) is 47.6 Å². The van der Waals surface area contributed by atoms with Crippen LogP contribution in [-0.2, 0) is 0 Å². The molecule has 122 valence electrons. The van der Waals surface area contributed by atoms with E-state index in [9.17, 15) is 4.79 Å². The van der Waals surface area contributed by atoms with Crippen LogP contribution < -0.4 is 14.8 Å². The highest BCUT2D eigenvalue weighted by atomic mass is 16.5. The van der Waals surface area contributed by atoms with Crippen molar-refractivity contribution in [1.82, 2.24) is 5.32 Å². The molecule has 0 saturated carbocycles. The lowest BCUT2D eigenvalue weighted by Gasteiger charge is -2.11. The summed E-state index contributed by atoms with van der Waals surface area (Å²) in [5.41, 5.74) is 2.86. The molecule has 0 radical (unpaired) electrons. The fourth-order valence-corrected chi connectivity index (χ4v) is 2.16. The monoisotopic (exact) mass is 313 g/mol. The molecule has 23 heavy (non-hydrogen) atoms. The molecule has 0 heterocycles. The summed E-state index contributed by atoms with van der Waals surface area (Å²) in [5, 5.41) is 2.85.